The van der Waals surface area contributed by atoms with Crippen molar-refractivity contribution in [2.24, 2.45) is 4.99 Å². The molecule has 2 rings (SSSR count). The molecule has 1 heterocycles. The SMILES string of the molecule is CN=C(NCCCOC1CCOC1)NCc1cccc(C#N)c1. The molecule has 0 aromatic heterocycles. The smallest absolute Gasteiger partial charge is 0.191 e. The quantitative estimate of drug-likeness (QED) is 0.452. The molecule has 1 aromatic rings. The lowest BCUT2D eigenvalue weighted by Gasteiger charge is -2.13. The van der Waals surface area contributed by atoms with Crippen LogP contribution in [0.1, 0.15) is 24.0 Å². The van der Waals surface area contributed by atoms with Crippen LogP contribution in [0.3, 0.4) is 0 Å². The molecule has 2 N–H and O–H groups in total. The van der Waals surface area contributed by atoms with E-state index in [-0.39, 0.29) is 6.10 Å². The van der Waals surface area contributed by atoms with Gasteiger partial charge in [-0.05, 0) is 30.5 Å². The zero-order valence-corrected chi connectivity index (χ0v) is 13.5. The Morgan fingerprint density at radius 1 is 1.48 bits per heavy atom. The van der Waals surface area contributed by atoms with Crippen LogP contribution in [0.4, 0.5) is 0 Å². The van der Waals surface area contributed by atoms with Crippen LogP contribution in [0.2, 0.25) is 0 Å². The molecule has 1 fully saturated rings. The molecule has 6 heteroatoms. The number of ether oxygens (including phenoxy) is 2. The predicted octanol–water partition coefficient (Wildman–Crippen LogP) is 1.42. The number of rotatable bonds is 7. The van der Waals surface area contributed by atoms with Gasteiger partial charge in [-0.25, -0.2) is 0 Å². The van der Waals surface area contributed by atoms with E-state index in [0.29, 0.717) is 12.1 Å². The van der Waals surface area contributed by atoms with E-state index in [1.165, 1.54) is 0 Å². The largest absolute Gasteiger partial charge is 0.379 e. The van der Waals surface area contributed by atoms with Crippen LogP contribution >= 0.6 is 0 Å². The highest BCUT2D eigenvalue weighted by atomic mass is 16.5. The molecule has 1 atom stereocenters. The molecule has 0 saturated carbocycles. The summed E-state index contributed by atoms with van der Waals surface area (Å²) >= 11 is 0. The van der Waals surface area contributed by atoms with E-state index < -0.39 is 0 Å². The monoisotopic (exact) mass is 316 g/mol. The minimum atomic E-state index is 0.264. The highest BCUT2D eigenvalue weighted by Crippen LogP contribution is 2.08. The molecule has 124 valence electrons. The summed E-state index contributed by atoms with van der Waals surface area (Å²) in [6, 6.07) is 9.68. The second-order valence-electron chi connectivity index (χ2n) is 5.37. The zero-order chi connectivity index (χ0) is 16.3. The van der Waals surface area contributed by atoms with Gasteiger partial charge in [-0.1, -0.05) is 12.1 Å². The average molecular weight is 316 g/mol. The number of nitrogens with one attached hydrogen (secondary N) is 2. The van der Waals surface area contributed by atoms with Crippen molar-refractivity contribution in [1.29, 1.82) is 5.26 Å². The van der Waals surface area contributed by atoms with Crippen LogP contribution in [-0.4, -0.2) is 45.5 Å². The zero-order valence-electron chi connectivity index (χ0n) is 13.5. The number of hydrogen-bond acceptors (Lipinski definition) is 4. The molecule has 0 spiro atoms. The van der Waals surface area contributed by atoms with E-state index in [1.807, 2.05) is 18.2 Å². The van der Waals surface area contributed by atoms with Gasteiger partial charge < -0.3 is 20.1 Å². The summed E-state index contributed by atoms with van der Waals surface area (Å²) in [5.41, 5.74) is 1.72. The normalized spacial score (nSPS) is 17.7. The van der Waals surface area contributed by atoms with Crippen molar-refractivity contribution < 1.29 is 9.47 Å². The van der Waals surface area contributed by atoms with Crippen molar-refractivity contribution in [3.05, 3.63) is 35.4 Å². The minimum absolute atomic E-state index is 0.264. The highest BCUT2D eigenvalue weighted by molar-refractivity contribution is 5.79. The van der Waals surface area contributed by atoms with Crippen molar-refractivity contribution in [2.75, 3.05) is 33.4 Å². The molecule has 23 heavy (non-hydrogen) atoms. The topological polar surface area (TPSA) is 78.7 Å². The molecule has 0 radical (unpaired) electrons. The summed E-state index contributed by atoms with van der Waals surface area (Å²) in [5, 5.41) is 15.4. The van der Waals surface area contributed by atoms with Crippen molar-refractivity contribution in [3.63, 3.8) is 0 Å². The molecule has 1 saturated heterocycles. The molecule has 6 nitrogen and oxygen atoms in total. The Hall–Kier alpha value is -2.10. The number of hydrogen-bond donors (Lipinski definition) is 2. The second kappa shape index (κ2) is 9.82. The lowest BCUT2D eigenvalue weighted by molar-refractivity contribution is 0.0420. The van der Waals surface area contributed by atoms with Gasteiger partial charge in [0.1, 0.15) is 0 Å². The maximum absolute atomic E-state index is 8.90. The van der Waals surface area contributed by atoms with Gasteiger partial charge in [0.2, 0.25) is 0 Å². The maximum atomic E-state index is 8.90. The minimum Gasteiger partial charge on any atom is -0.379 e. The molecular formula is C17H24N4O2. The number of aliphatic imine (C=N–C) groups is 1. The van der Waals surface area contributed by atoms with E-state index in [9.17, 15) is 0 Å². The van der Waals surface area contributed by atoms with Crippen molar-refractivity contribution >= 4 is 5.96 Å². The lowest BCUT2D eigenvalue weighted by atomic mass is 10.1. The highest BCUT2D eigenvalue weighted by Gasteiger charge is 2.15. The fourth-order valence-corrected chi connectivity index (χ4v) is 2.33. The van der Waals surface area contributed by atoms with Crippen molar-refractivity contribution in [3.8, 4) is 6.07 Å². The Bertz CT molecular complexity index is 548. The Balaban J connectivity index is 1.62. The third-order valence-electron chi connectivity index (χ3n) is 3.59. The number of nitriles is 1. The molecule has 0 bridgehead atoms. The number of benzene rings is 1. The Morgan fingerprint density at radius 3 is 3.13 bits per heavy atom. The molecule has 1 aromatic carbocycles. The van der Waals surface area contributed by atoms with Crippen LogP contribution in [0.15, 0.2) is 29.3 Å². The van der Waals surface area contributed by atoms with Crippen molar-refractivity contribution in [2.45, 2.75) is 25.5 Å². The summed E-state index contributed by atoms with van der Waals surface area (Å²) in [5.74, 6) is 0.747. The van der Waals surface area contributed by atoms with Crippen molar-refractivity contribution in [1.82, 2.24) is 10.6 Å². The van der Waals surface area contributed by atoms with Gasteiger partial charge >= 0.3 is 0 Å². The first-order chi connectivity index (χ1) is 11.3. The summed E-state index contributed by atoms with van der Waals surface area (Å²) in [6.45, 7) is 3.68. The fraction of sp³-hybridized carbons (Fsp3) is 0.529. The summed E-state index contributed by atoms with van der Waals surface area (Å²) < 4.78 is 11.0. The van der Waals surface area contributed by atoms with E-state index in [4.69, 9.17) is 14.7 Å². The fourth-order valence-electron chi connectivity index (χ4n) is 2.33. The van der Waals surface area contributed by atoms with Gasteiger partial charge in [-0.3, -0.25) is 4.99 Å². The molecule has 1 aliphatic rings. The molecule has 1 unspecified atom stereocenters. The van der Waals surface area contributed by atoms with Crippen LogP contribution in [0.5, 0.6) is 0 Å². The van der Waals surface area contributed by atoms with Gasteiger partial charge in [0, 0.05) is 33.4 Å². The number of guanidine groups is 1. The van der Waals surface area contributed by atoms with Gasteiger partial charge in [-0.2, -0.15) is 5.26 Å². The molecule has 0 aliphatic carbocycles. The first-order valence-corrected chi connectivity index (χ1v) is 7.94. The van der Waals surface area contributed by atoms with Gasteiger partial charge in [0.25, 0.3) is 0 Å². The Labute approximate surface area is 137 Å². The molecule has 0 amide bonds. The molecule has 1 aliphatic heterocycles. The summed E-state index contributed by atoms with van der Waals surface area (Å²) in [4.78, 5) is 4.19. The standard InChI is InChI=1S/C17H24N4O2/c1-19-17(20-7-3-8-23-16-6-9-22-13-16)21-12-15-5-2-4-14(10-15)11-18/h2,4-5,10,16H,3,6-9,12-13H2,1H3,(H2,19,20,21). The van der Waals surface area contributed by atoms with E-state index in [2.05, 4.69) is 21.7 Å². The molecular weight excluding hydrogens is 292 g/mol. The van der Waals surface area contributed by atoms with Gasteiger partial charge in [0.15, 0.2) is 5.96 Å². The van der Waals surface area contributed by atoms with E-state index >= 15 is 0 Å². The predicted molar refractivity (Wildman–Crippen MR) is 89.2 cm³/mol. The van der Waals surface area contributed by atoms with Crippen LogP contribution in [0, 0.1) is 11.3 Å². The third kappa shape index (κ3) is 6.27. The maximum Gasteiger partial charge on any atom is 0.191 e. The average Bonchev–Trinajstić information content (AvgIpc) is 3.11. The van der Waals surface area contributed by atoms with Gasteiger partial charge in [-0.15, -0.1) is 0 Å². The van der Waals surface area contributed by atoms with Crippen LogP contribution < -0.4 is 10.6 Å². The lowest BCUT2D eigenvalue weighted by Crippen LogP contribution is -2.37. The van der Waals surface area contributed by atoms with Crippen LogP contribution in [-0.2, 0) is 16.0 Å². The number of nitrogens with zero attached hydrogens (tertiary/aromatic N) is 2. The Kier molecular flexibility index (Phi) is 7.37. The van der Waals surface area contributed by atoms with E-state index in [1.54, 1.807) is 13.1 Å². The van der Waals surface area contributed by atoms with Gasteiger partial charge in [0.05, 0.1) is 24.3 Å². The second-order valence-corrected chi connectivity index (χ2v) is 5.37. The summed E-state index contributed by atoms with van der Waals surface area (Å²) in [7, 11) is 1.74. The first kappa shape index (κ1) is 17.3. The van der Waals surface area contributed by atoms with E-state index in [0.717, 1.165) is 50.7 Å². The third-order valence-corrected chi connectivity index (χ3v) is 3.59. The first-order valence-electron chi connectivity index (χ1n) is 7.94. The Morgan fingerprint density at radius 2 is 2.39 bits per heavy atom. The summed E-state index contributed by atoms with van der Waals surface area (Å²) in [6.07, 6.45) is 2.18. The van der Waals surface area contributed by atoms with Crippen LogP contribution in [0.25, 0.3) is 0 Å².